The molecule has 7 heteroatoms. The normalized spacial score (nSPS) is 14.9. The second-order valence-corrected chi connectivity index (χ2v) is 9.29. The Morgan fingerprint density at radius 2 is 1.75 bits per heavy atom. The Hall–Kier alpha value is -1.70. The molecule has 0 unspecified atom stereocenters. The molecule has 1 aromatic heterocycles. The first-order valence-electron chi connectivity index (χ1n) is 9.55. The van der Waals surface area contributed by atoms with Crippen molar-refractivity contribution in [2.24, 2.45) is 0 Å². The van der Waals surface area contributed by atoms with Gasteiger partial charge in [-0.3, -0.25) is 14.5 Å². The van der Waals surface area contributed by atoms with E-state index in [9.17, 15) is 9.59 Å². The number of halogens is 1. The van der Waals surface area contributed by atoms with Crippen LogP contribution in [0.25, 0.3) is 0 Å². The third-order valence-electron chi connectivity index (χ3n) is 4.79. The smallest absolute Gasteiger partial charge is 0.223 e. The first kappa shape index (κ1) is 21.0. The van der Waals surface area contributed by atoms with E-state index >= 15 is 0 Å². The molecule has 0 aliphatic carbocycles. The molecule has 3 rings (SSSR count). The number of benzene rings is 1. The third-order valence-corrected chi connectivity index (χ3v) is 6.39. The number of Topliss-reactive ketones (excluding diaryl/α,β-unsaturated/α-hetero) is 1. The second kappa shape index (κ2) is 10.2. The van der Waals surface area contributed by atoms with Crippen LogP contribution in [0.3, 0.4) is 0 Å². The number of nitrogens with zero attached hydrogens (tertiary/aromatic N) is 2. The van der Waals surface area contributed by atoms with E-state index in [1.807, 2.05) is 11.8 Å². The molecule has 5 nitrogen and oxygen atoms in total. The predicted molar refractivity (Wildman–Crippen MR) is 115 cm³/mol. The standard InChI is InChI=1S/C21H25BrN2O3S/c1-2-27-17-5-3-16(4-6-17)19(25)8-10-21(26)24-13-11-23(12-14-24)15-18-7-9-20(22)28-18/h3-7,9H,2,8,10-15H2,1H3. The van der Waals surface area contributed by atoms with Gasteiger partial charge >= 0.3 is 0 Å². The summed E-state index contributed by atoms with van der Waals surface area (Å²) in [6, 6.07) is 11.3. The number of rotatable bonds is 8. The molecule has 1 aliphatic heterocycles. The Labute approximate surface area is 178 Å². The van der Waals surface area contributed by atoms with Gasteiger partial charge in [-0.05, 0) is 59.3 Å². The summed E-state index contributed by atoms with van der Waals surface area (Å²) in [4.78, 5) is 30.4. The Bertz CT molecular complexity index is 798. The number of carbonyl (C=O) groups is 2. The van der Waals surface area contributed by atoms with Crippen LogP contribution in [-0.4, -0.2) is 54.3 Å². The fraction of sp³-hybridized carbons (Fsp3) is 0.429. The van der Waals surface area contributed by atoms with Crippen molar-refractivity contribution < 1.29 is 14.3 Å². The molecule has 2 heterocycles. The number of carbonyl (C=O) groups excluding carboxylic acids is 2. The molecule has 1 fully saturated rings. The van der Waals surface area contributed by atoms with E-state index in [2.05, 4.69) is 33.0 Å². The monoisotopic (exact) mass is 464 g/mol. The molecular formula is C21H25BrN2O3S. The Balaban J connectivity index is 1.41. The molecule has 28 heavy (non-hydrogen) atoms. The Kier molecular flexibility index (Phi) is 7.65. The molecule has 0 atom stereocenters. The molecule has 1 saturated heterocycles. The van der Waals surface area contributed by atoms with Gasteiger partial charge in [0.05, 0.1) is 10.4 Å². The number of piperazine rings is 1. The highest BCUT2D eigenvalue weighted by Gasteiger charge is 2.22. The topological polar surface area (TPSA) is 49.9 Å². The van der Waals surface area contributed by atoms with E-state index in [0.29, 0.717) is 12.2 Å². The summed E-state index contributed by atoms with van der Waals surface area (Å²) in [7, 11) is 0. The van der Waals surface area contributed by atoms with Crippen molar-refractivity contribution in [3.05, 3.63) is 50.6 Å². The minimum Gasteiger partial charge on any atom is -0.494 e. The second-order valence-electron chi connectivity index (χ2n) is 6.74. The summed E-state index contributed by atoms with van der Waals surface area (Å²) in [5, 5.41) is 0. The molecule has 2 aromatic rings. The molecular weight excluding hydrogens is 440 g/mol. The fourth-order valence-corrected chi connectivity index (χ4v) is 4.76. The number of hydrogen-bond donors (Lipinski definition) is 0. The summed E-state index contributed by atoms with van der Waals surface area (Å²) < 4.78 is 6.53. The highest BCUT2D eigenvalue weighted by molar-refractivity contribution is 9.11. The van der Waals surface area contributed by atoms with Gasteiger partial charge in [0.25, 0.3) is 0 Å². The maximum absolute atomic E-state index is 12.5. The van der Waals surface area contributed by atoms with Crippen LogP contribution in [0.5, 0.6) is 5.75 Å². The van der Waals surface area contributed by atoms with Gasteiger partial charge < -0.3 is 9.64 Å². The molecule has 1 aliphatic rings. The first-order valence-corrected chi connectivity index (χ1v) is 11.2. The van der Waals surface area contributed by atoms with E-state index in [1.54, 1.807) is 35.6 Å². The molecule has 150 valence electrons. The van der Waals surface area contributed by atoms with Crippen LogP contribution in [-0.2, 0) is 11.3 Å². The van der Waals surface area contributed by atoms with Crippen molar-refractivity contribution in [3.8, 4) is 5.75 Å². The van der Waals surface area contributed by atoms with Crippen LogP contribution >= 0.6 is 27.3 Å². The van der Waals surface area contributed by atoms with Crippen molar-refractivity contribution in [1.82, 2.24) is 9.80 Å². The molecule has 0 radical (unpaired) electrons. The molecule has 0 N–H and O–H groups in total. The van der Waals surface area contributed by atoms with E-state index < -0.39 is 0 Å². The average molecular weight is 465 g/mol. The van der Waals surface area contributed by atoms with Crippen LogP contribution in [0.2, 0.25) is 0 Å². The highest BCUT2D eigenvalue weighted by Crippen LogP contribution is 2.23. The summed E-state index contributed by atoms with van der Waals surface area (Å²) in [6.45, 7) is 6.63. The van der Waals surface area contributed by atoms with Crippen molar-refractivity contribution in [2.45, 2.75) is 26.3 Å². The maximum atomic E-state index is 12.5. The number of ether oxygens (including phenoxy) is 1. The minimum absolute atomic E-state index is 0.00157. The van der Waals surface area contributed by atoms with Gasteiger partial charge in [-0.2, -0.15) is 0 Å². The van der Waals surface area contributed by atoms with Gasteiger partial charge in [-0.15, -0.1) is 11.3 Å². The Morgan fingerprint density at radius 3 is 2.36 bits per heavy atom. The Morgan fingerprint density at radius 1 is 1.04 bits per heavy atom. The van der Waals surface area contributed by atoms with E-state index in [4.69, 9.17) is 4.74 Å². The van der Waals surface area contributed by atoms with Crippen LogP contribution in [0.4, 0.5) is 0 Å². The zero-order valence-corrected chi connectivity index (χ0v) is 18.4. The number of ketones is 1. The summed E-state index contributed by atoms with van der Waals surface area (Å²) >= 11 is 5.25. The number of amides is 1. The summed E-state index contributed by atoms with van der Waals surface area (Å²) in [5.41, 5.74) is 0.628. The fourth-order valence-electron chi connectivity index (χ4n) is 3.24. The zero-order valence-electron chi connectivity index (χ0n) is 16.0. The van der Waals surface area contributed by atoms with Gasteiger partial charge in [0.1, 0.15) is 5.75 Å². The van der Waals surface area contributed by atoms with Crippen molar-refractivity contribution >= 4 is 39.0 Å². The molecule has 0 saturated carbocycles. The minimum atomic E-state index is -0.00157. The summed E-state index contributed by atoms with van der Waals surface area (Å²) in [6.07, 6.45) is 0.514. The number of thiophene rings is 1. The SMILES string of the molecule is CCOc1ccc(C(=O)CCC(=O)N2CCN(Cc3ccc(Br)s3)CC2)cc1. The van der Waals surface area contributed by atoms with E-state index in [0.717, 1.165) is 42.3 Å². The largest absolute Gasteiger partial charge is 0.494 e. The first-order chi connectivity index (χ1) is 13.5. The summed E-state index contributed by atoms with van der Waals surface area (Å²) in [5.74, 6) is 0.819. The van der Waals surface area contributed by atoms with E-state index in [-0.39, 0.29) is 24.5 Å². The molecule has 1 aromatic carbocycles. The van der Waals surface area contributed by atoms with Crippen LogP contribution in [0.1, 0.15) is 35.0 Å². The van der Waals surface area contributed by atoms with Crippen LogP contribution < -0.4 is 4.74 Å². The van der Waals surface area contributed by atoms with Crippen molar-refractivity contribution in [3.63, 3.8) is 0 Å². The van der Waals surface area contributed by atoms with Gasteiger partial charge in [0, 0.05) is 56.0 Å². The lowest BCUT2D eigenvalue weighted by Crippen LogP contribution is -2.48. The van der Waals surface area contributed by atoms with Crippen LogP contribution in [0.15, 0.2) is 40.2 Å². The highest BCUT2D eigenvalue weighted by atomic mass is 79.9. The predicted octanol–water partition coefficient (Wildman–Crippen LogP) is 4.22. The van der Waals surface area contributed by atoms with Crippen molar-refractivity contribution in [2.75, 3.05) is 32.8 Å². The van der Waals surface area contributed by atoms with E-state index in [1.165, 1.54) is 4.88 Å². The quantitative estimate of drug-likeness (QED) is 0.548. The number of hydrogen-bond acceptors (Lipinski definition) is 5. The lowest BCUT2D eigenvalue weighted by molar-refractivity contribution is -0.132. The zero-order chi connectivity index (χ0) is 19.9. The lowest BCUT2D eigenvalue weighted by atomic mass is 10.1. The molecule has 0 spiro atoms. The third kappa shape index (κ3) is 5.90. The van der Waals surface area contributed by atoms with Gasteiger partial charge in [-0.1, -0.05) is 0 Å². The molecule has 1 amide bonds. The average Bonchev–Trinajstić information content (AvgIpc) is 3.12. The van der Waals surface area contributed by atoms with Crippen LogP contribution in [0, 0.1) is 0 Å². The van der Waals surface area contributed by atoms with Gasteiger partial charge in [0.15, 0.2) is 5.78 Å². The lowest BCUT2D eigenvalue weighted by Gasteiger charge is -2.34. The maximum Gasteiger partial charge on any atom is 0.223 e. The van der Waals surface area contributed by atoms with Gasteiger partial charge in [-0.25, -0.2) is 0 Å². The van der Waals surface area contributed by atoms with Gasteiger partial charge in [0.2, 0.25) is 5.91 Å². The van der Waals surface area contributed by atoms with Crippen molar-refractivity contribution in [1.29, 1.82) is 0 Å². The molecule has 0 bridgehead atoms.